The van der Waals surface area contributed by atoms with Crippen molar-refractivity contribution in [3.8, 4) is 0 Å². The Hall–Kier alpha value is -2.03. The van der Waals surface area contributed by atoms with E-state index in [9.17, 15) is 18.0 Å². The summed E-state index contributed by atoms with van der Waals surface area (Å²) in [7, 11) is 1.75. The van der Waals surface area contributed by atoms with E-state index in [2.05, 4.69) is 15.5 Å². The second-order valence-electron chi connectivity index (χ2n) is 5.78. The Kier molecular flexibility index (Phi) is 4.29. The normalized spacial score (nSPS) is 14.9. The standard InChI is InChI=1S/C14H15ClF3N5O/c1-22-6-8(5-20-22)4-19-10(24)7-23-12(9-2-3-9)11(15)13(21-23)14(16,17)18/h5-6,9H,2-4,7H2,1H3,(H,19,24). The molecule has 130 valence electrons. The lowest BCUT2D eigenvalue weighted by molar-refractivity contribution is -0.141. The zero-order chi connectivity index (χ0) is 17.5. The zero-order valence-corrected chi connectivity index (χ0v) is 13.5. The fraction of sp³-hybridized carbons (Fsp3) is 0.500. The number of nitrogens with zero attached hydrogens (tertiary/aromatic N) is 4. The lowest BCUT2D eigenvalue weighted by Gasteiger charge is -2.07. The third-order valence-electron chi connectivity index (χ3n) is 3.71. The Morgan fingerprint density at radius 2 is 2.17 bits per heavy atom. The number of aryl methyl sites for hydroxylation is 1. The number of alkyl halides is 3. The van der Waals surface area contributed by atoms with Gasteiger partial charge in [0.1, 0.15) is 6.54 Å². The summed E-state index contributed by atoms with van der Waals surface area (Å²) in [6.45, 7) is -0.0611. The molecule has 0 radical (unpaired) electrons. The molecule has 0 aliphatic heterocycles. The smallest absolute Gasteiger partial charge is 0.350 e. The molecule has 1 N–H and O–H groups in total. The van der Waals surface area contributed by atoms with Gasteiger partial charge in [0.05, 0.1) is 16.9 Å². The molecule has 2 heterocycles. The first-order valence-corrected chi connectivity index (χ1v) is 7.71. The SMILES string of the molecule is Cn1cc(CNC(=O)Cn2nc(C(F)(F)F)c(Cl)c2C2CC2)cn1. The van der Waals surface area contributed by atoms with E-state index in [-0.39, 0.29) is 19.0 Å². The monoisotopic (exact) mass is 361 g/mol. The van der Waals surface area contributed by atoms with Crippen molar-refractivity contribution in [1.82, 2.24) is 24.9 Å². The topological polar surface area (TPSA) is 64.7 Å². The molecule has 0 aromatic carbocycles. The van der Waals surface area contributed by atoms with Crippen LogP contribution in [-0.4, -0.2) is 25.5 Å². The van der Waals surface area contributed by atoms with Crippen LogP contribution < -0.4 is 5.32 Å². The van der Waals surface area contributed by atoms with Crippen LogP contribution in [0.15, 0.2) is 12.4 Å². The summed E-state index contributed by atoms with van der Waals surface area (Å²) in [6, 6.07) is 0. The fourth-order valence-corrected chi connectivity index (χ4v) is 2.85. The molecule has 2 aromatic rings. The minimum absolute atomic E-state index is 0.0628. The molecular formula is C14H15ClF3N5O. The van der Waals surface area contributed by atoms with Crippen LogP contribution in [0.1, 0.15) is 35.7 Å². The maximum absolute atomic E-state index is 13.0. The number of hydrogen-bond acceptors (Lipinski definition) is 3. The predicted octanol–water partition coefficient (Wildman–Crippen LogP) is 2.48. The maximum atomic E-state index is 13.0. The third-order valence-corrected chi connectivity index (χ3v) is 4.08. The summed E-state index contributed by atoms with van der Waals surface area (Å²) >= 11 is 5.86. The average molecular weight is 362 g/mol. The molecule has 6 nitrogen and oxygen atoms in total. The molecule has 10 heteroatoms. The Morgan fingerprint density at radius 3 is 2.71 bits per heavy atom. The van der Waals surface area contributed by atoms with Gasteiger partial charge >= 0.3 is 6.18 Å². The predicted molar refractivity (Wildman–Crippen MR) is 79.3 cm³/mol. The Morgan fingerprint density at radius 1 is 1.46 bits per heavy atom. The van der Waals surface area contributed by atoms with Crippen LogP contribution in [-0.2, 0) is 31.1 Å². The molecule has 0 atom stereocenters. The first-order chi connectivity index (χ1) is 11.3. The Bertz CT molecular complexity index is 763. The summed E-state index contributed by atoms with van der Waals surface area (Å²) in [5.41, 5.74) is -0.0469. The minimum atomic E-state index is -4.64. The van der Waals surface area contributed by atoms with Gasteiger partial charge in [-0.25, -0.2) is 0 Å². The lowest BCUT2D eigenvalue weighted by atomic mass is 10.2. The number of carbonyl (C=O) groups excluding carboxylic acids is 1. The highest BCUT2D eigenvalue weighted by Gasteiger charge is 2.42. The number of rotatable bonds is 5. The molecule has 24 heavy (non-hydrogen) atoms. The van der Waals surface area contributed by atoms with Crippen molar-refractivity contribution >= 4 is 17.5 Å². The first kappa shape index (κ1) is 16.8. The fourth-order valence-electron chi connectivity index (χ4n) is 2.46. The molecule has 0 saturated heterocycles. The van der Waals surface area contributed by atoms with E-state index in [1.807, 2.05) is 0 Å². The molecule has 1 aliphatic rings. The average Bonchev–Trinajstić information content (AvgIpc) is 3.14. The van der Waals surface area contributed by atoms with Crippen molar-refractivity contribution in [3.63, 3.8) is 0 Å². The number of halogens is 4. The lowest BCUT2D eigenvalue weighted by Crippen LogP contribution is -2.28. The van der Waals surface area contributed by atoms with Gasteiger partial charge in [0.15, 0.2) is 5.69 Å². The molecule has 0 bridgehead atoms. The first-order valence-electron chi connectivity index (χ1n) is 7.33. The second-order valence-corrected chi connectivity index (χ2v) is 6.15. The van der Waals surface area contributed by atoms with Crippen molar-refractivity contribution in [2.75, 3.05) is 0 Å². The van der Waals surface area contributed by atoms with Gasteiger partial charge in [-0.15, -0.1) is 0 Å². The Balaban J connectivity index is 1.73. The molecule has 1 saturated carbocycles. The summed E-state index contributed by atoms with van der Waals surface area (Å²) in [4.78, 5) is 12.0. The third kappa shape index (κ3) is 3.55. The van der Waals surface area contributed by atoms with Gasteiger partial charge in [-0.2, -0.15) is 23.4 Å². The zero-order valence-electron chi connectivity index (χ0n) is 12.8. The second kappa shape index (κ2) is 6.12. The van der Waals surface area contributed by atoms with Crippen LogP contribution in [0.25, 0.3) is 0 Å². The van der Waals surface area contributed by atoms with Gasteiger partial charge in [-0.05, 0) is 12.8 Å². The summed E-state index contributed by atoms with van der Waals surface area (Å²) < 4.78 is 41.6. The van der Waals surface area contributed by atoms with E-state index in [0.29, 0.717) is 5.69 Å². The molecule has 1 amide bonds. The Labute approximate surface area is 140 Å². The molecule has 1 aliphatic carbocycles. The number of hydrogen-bond donors (Lipinski definition) is 1. The van der Waals surface area contributed by atoms with E-state index in [1.165, 1.54) is 0 Å². The summed E-state index contributed by atoms with van der Waals surface area (Å²) in [5.74, 6) is -0.499. The van der Waals surface area contributed by atoms with Crippen LogP contribution in [0.5, 0.6) is 0 Å². The number of nitrogens with one attached hydrogen (secondary N) is 1. The quantitative estimate of drug-likeness (QED) is 0.889. The number of amides is 1. The molecule has 1 fully saturated rings. The number of carbonyl (C=O) groups is 1. The van der Waals surface area contributed by atoms with Crippen molar-refractivity contribution in [1.29, 1.82) is 0 Å². The van der Waals surface area contributed by atoms with Crippen LogP contribution in [0.4, 0.5) is 13.2 Å². The van der Waals surface area contributed by atoms with Gasteiger partial charge < -0.3 is 5.32 Å². The van der Waals surface area contributed by atoms with Crippen LogP contribution in [0.3, 0.4) is 0 Å². The van der Waals surface area contributed by atoms with E-state index in [0.717, 1.165) is 23.1 Å². The van der Waals surface area contributed by atoms with E-state index < -0.39 is 22.8 Å². The van der Waals surface area contributed by atoms with Crippen LogP contribution in [0, 0.1) is 0 Å². The van der Waals surface area contributed by atoms with Crippen molar-refractivity contribution in [3.05, 3.63) is 34.4 Å². The van der Waals surface area contributed by atoms with Crippen LogP contribution in [0.2, 0.25) is 5.02 Å². The minimum Gasteiger partial charge on any atom is -0.350 e. The van der Waals surface area contributed by atoms with Crippen molar-refractivity contribution < 1.29 is 18.0 Å². The highest BCUT2D eigenvalue weighted by Crippen LogP contribution is 2.46. The van der Waals surface area contributed by atoms with Crippen LogP contribution >= 0.6 is 11.6 Å². The highest BCUT2D eigenvalue weighted by atomic mass is 35.5. The molecule has 0 unspecified atom stereocenters. The maximum Gasteiger partial charge on any atom is 0.436 e. The summed E-state index contributed by atoms with van der Waals surface area (Å²) in [6.07, 6.45) is 0.197. The van der Waals surface area contributed by atoms with Crippen molar-refractivity contribution in [2.24, 2.45) is 7.05 Å². The largest absolute Gasteiger partial charge is 0.436 e. The molecule has 2 aromatic heterocycles. The van der Waals surface area contributed by atoms with E-state index in [4.69, 9.17) is 11.6 Å². The van der Waals surface area contributed by atoms with Gasteiger partial charge in [-0.1, -0.05) is 11.6 Å². The molecular weight excluding hydrogens is 347 g/mol. The molecule has 0 spiro atoms. The van der Waals surface area contributed by atoms with Crippen molar-refractivity contribution in [2.45, 2.75) is 38.0 Å². The van der Waals surface area contributed by atoms with E-state index in [1.54, 1.807) is 24.1 Å². The molecule has 3 rings (SSSR count). The summed E-state index contributed by atoms with van der Waals surface area (Å²) in [5, 5.41) is 9.73. The van der Waals surface area contributed by atoms with Gasteiger partial charge in [0.25, 0.3) is 0 Å². The van der Waals surface area contributed by atoms with Gasteiger partial charge in [-0.3, -0.25) is 14.2 Å². The highest BCUT2D eigenvalue weighted by molar-refractivity contribution is 6.32. The van der Waals surface area contributed by atoms with E-state index >= 15 is 0 Å². The number of aromatic nitrogens is 4. The van der Waals surface area contributed by atoms with Gasteiger partial charge in [0.2, 0.25) is 5.91 Å². The van der Waals surface area contributed by atoms with Gasteiger partial charge in [0, 0.05) is 31.3 Å².